The van der Waals surface area contributed by atoms with Crippen molar-refractivity contribution in [3.63, 3.8) is 0 Å². The third kappa shape index (κ3) is 6.02. The summed E-state index contributed by atoms with van der Waals surface area (Å²) in [5, 5.41) is 10.4. The van der Waals surface area contributed by atoms with Crippen molar-refractivity contribution in [1.29, 1.82) is 0 Å². The fourth-order valence-electron chi connectivity index (χ4n) is 4.36. The summed E-state index contributed by atoms with van der Waals surface area (Å²) in [6.45, 7) is 4.57. The van der Waals surface area contributed by atoms with Gasteiger partial charge in [0.25, 0.3) is 0 Å². The van der Waals surface area contributed by atoms with Crippen LogP contribution in [0.15, 0.2) is 84.9 Å². The van der Waals surface area contributed by atoms with Crippen LogP contribution in [0.2, 0.25) is 0 Å². The summed E-state index contributed by atoms with van der Waals surface area (Å²) in [5.74, 6) is -0.274. The highest BCUT2D eigenvalue weighted by molar-refractivity contribution is 5.32. The van der Waals surface area contributed by atoms with Crippen LogP contribution in [-0.4, -0.2) is 60.3 Å². The van der Waals surface area contributed by atoms with E-state index < -0.39 is 6.10 Å². The van der Waals surface area contributed by atoms with Crippen LogP contribution < -0.4 is 0 Å². The molecule has 0 amide bonds. The topological polar surface area (TPSA) is 35.9 Å². The lowest BCUT2D eigenvalue weighted by atomic mass is 9.96. The Bertz CT molecular complexity index is 907. The van der Waals surface area contributed by atoms with Crippen molar-refractivity contribution in [2.24, 2.45) is 0 Å². The third-order valence-corrected chi connectivity index (χ3v) is 6.00. The highest BCUT2D eigenvalue weighted by atomic mass is 19.1. The first kappa shape index (κ1) is 22.6. The Morgan fingerprint density at radius 3 is 1.94 bits per heavy atom. The number of benzene rings is 3. The van der Waals surface area contributed by atoms with Gasteiger partial charge in [0.15, 0.2) is 0 Å². The number of β-amino-alcohol motifs (C(OH)–C–C–N with tert-alkyl or cyclic N) is 1. The molecule has 3 aromatic carbocycles. The lowest BCUT2D eigenvalue weighted by molar-refractivity contribution is -0.00130. The zero-order chi connectivity index (χ0) is 22.2. The van der Waals surface area contributed by atoms with Crippen molar-refractivity contribution in [2.45, 2.75) is 18.8 Å². The fourth-order valence-corrected chi connectivity index (χ4v) is 4.36. The first-order chi connectivity index (χ1) is 15.7. The Kier molecular flexibility index (Phi) is 8.02. The van der Waals surface area contributed by atoms with Crippen LogP contribution in [0.1, 0.15) is 22.7 Å². The molecule has 0 spiro atoms. The van der Waals surface area contributed by atoms with Crippen LogP contribution in [0.5, 0.6) is 0 Å². The van der Waals surface area contributed by atoms with Gasteiger partial charge in [0.1, 0.15) is 5.82 Å². The van der Waals surface area contributed by atoms with Crippen LogP contribution in [0.25, 0.3) is 0 Å². The van der Waals surface area contributed by atoms with E-state index in [4.69, 9.17) is 4.74 Å². The average molecular weight is 435 g/mol. The van der Waals surface area contributed by atoms with Crippen molar-refractivity contribution >= 4 is 0 Å². The number of aliphatic hydroxyl groups excluding tert-OH is 1. The van der Waals surface area contributed by atoms with Gasteiger partial charge in [-0.1, -0.05) is 78.9 Å². The van der Waals surface area contributed by atoms with E-state index in [1.54, 1.807) is 18.2 Å². The maximum absolute atomic E-state index is 13.7. The predicted molar refractivity (Wildman–Crippen MR) is 125 cm³/mol. The second-order valence-corrected chi connectivity index (χ2v) is 8.32. The fraction of sp³-hybridized carbons (Fsp3) is 0.333. The molecule has 0 bridgehead atoms. The molecule has 1 heterocycles. The van der Waals surface area contributed by atoms with E-state index in [0.29, 0.717) is 12.1 Å². The maximum Gasteiger partial charge on any atom is 0.128 e. The van der Waals surface area contributed by atoms with E-state index in [1.807, 2.05) is 0 Å². The summed E-state index contributed by atoms with van der Waals surface area (Å²) in [6.07, 6.45) is -0.590. The van der Waals surface area contributed by atoms with E-state index in [2.05, 4.69) is 70.5 Å². The van der Waals surface area contributed by atoms with Gasteiger partial charge in [0.2, 0.25) is 0 Å². The summed E-state index contributed by atoms with van der Waals surface area (Å²) in [5.41, 5.74) is 3.11. The van der Waals surface area contributed by atoms with Crippen molar-refractivity contribution < 1.29 is 14.2 Å². The summed E-state index contributed by atoms with van der Waals surface area (Å²) >= 11 is 0. The van der Waals surface area contributed by atoms with Crippen LogP contribution in [0.3, 0.4) is 0 Å². The Morgan fingerprint density at radius 2 is 1.34 bits per heavy atom. The number of rotatable bonds is 9. The van der Waals surface area contributed by atoms with Crippen LogP contribution >= 0.6 is 0 Å². The van der Waals surface area contributed by atoms with E-state index in [9.17, 15) is 9.50 Å². The van der Waals surface area contributed by atoms with Crippen molar-refractivity contribution in [3.8, 4) is 0 Å². The summed E-state index contributed by atoms with van der Waals surface area (Å²) in [6, 6.07) is 28.1. The second-order valence-electron chi connectivity index (χ2n) is 8.32. The number of piperazine rings is 1. The van der Waals surface area contributed by atoms with Gasteiger partial charge >= 0.3 is 0 Å². The molecule has 0 aromatic heterocycles. The molecule has 0 radical (unpaired) electrons. The summed E-state index contributed by atoms with van der Waals surface area (Å²) < 4.78 is 19.2. The quantitative estimate of drug-likeness (QED) is 0.550. The monoisotopic (exact) mass is 434 g/mol. The third-order valence-electron chi connectivity index (χ3n) is 6.00. The zero-order valence-electron chi connectivity index (χ0n) is 18.3. The maximum atomic E-state index is 13.7. The summed E-state index contributed by atoms with van der Waals surface area (Å²) in [7, 11) is 0. The van der Waals surface area contributed by atoms with Gasteiger partial charge in [-0.2, -0.15) is 0 Å². The number of hydrogen-bond donors (Lipinski definition) is 1. The molecule has 1 saturated heterocycles. The number of ether oxygens (including phenoxy) is 1. The number of aliphatic hydroxyl groups is 1. The Hall–Kier alpha value is -2.57. The molecule has 0 aliphatic carbocycles. The minimum Gasteiger partial charge on any atom is -0.389 e. The van der Waals surface area contributed by atoms with Crippen molar-refractivity contribution in [2.75, 3.05) is 39.3 Å². The molecule has 4 rings (SSSR count). The van der Waals surface area contributed by atoms with Crippen molar-refractivity contribution in [3.05, 3.63) is 107 Å². The normalized spacial score (nSPS) is 16.3. The molecule has 1 N–H and O–H groups in total. The molecule has 4 nitrogen and oxygen atoms in total. The van der Waals surface area contributed by atoms with Crippen LogP contribution in [-0.2, 0) is 11.3 Å². The number of nitrogens with zero attached hydrogens (tertiary/aromatic N) is 2. The Balaban J connectivity index is 1.28. The zero-order valence-corrected chi connectivity index (χ0v) is 18.3. The predicted octanol–water partition coefficient (Wildman–Crippen LogP) is 4.11. The van der Waals surface area contributed by atoms with Gasteiger partial charge in [-0.05, 0) is 17.2 Å². The lowest BCUT2D eigenvalue weighted by Gasteiger charge is -2.40. The molecule has 1 atom stereocenters. The van der Waals surface area contributed by atoms with Gasteiger partial charge in [-0.15, -0.1) is 0 Å². The molecule has 1 aliphatic heterocycles. The molecule has 32 heavy (non-hydrogen) atoms. The van der Waals surface area contributed by atoms with Gasteiger partial charge < -0.3 is 9.84 Å². The molecule has 1 unspecified atom stereocenters. The molecule has 1 aliphatic rings. The van der Waals surface area contributed by atoms with E-state index in [-0.39, 0.29) is 25.1 Å². The smallest absolute Gasteiger partial charge is 0.128 e. The van der Waals surface area contributed by atoms with Crippen LogP contribution in [0.4, 0.5) is 4.39 Å². The SMILES string of the molecule is OC(COCc1ccccc1F)CN1CCN(C(c2ccccc2)c2ccccc2)CC1. The number of hydrogen-bond acceptors (Lipinski definition) is 4. The molecule has 3 aromatic rings. The molecular weight excluding hydrogens is 403 g/mol. The minimum atomic E-state index is -0.590. The molecule has 0 saturated carbocycles. The first-order valence-electron chi connectivity index (χ1n) is 11.3. The van der Waals surface area contributed by atoms with E-state index in [1.165, 1.54) is 17.2 Å². The van der Waals surface area contributed by atoms with Crippen molar-refractivity contribution in [1.82, 2.24) is 9.80 Å². The standard InChI is InChI=1S/C27H31FN2O2/c28-26-14-8-7-13-24(26)20-32-21-25(31)19-29-15-17-30(18-16-29)27(22-9-3-1-4-10-22)23-11-5-2-6-12-23/h1-14,25,27,31H,15-21H2. The largest absolute Gasteiger partial charge is 0.389 e. The second kappa shape index (κ2) is 11.3. The Labute approximate surface area is 189 Å². The van der Waals surface area contributed by atoms with Gasteiger partial charge in [-0.25, -0.2) is 4.39 Å². The lowest BCUT2D eigenvalue weighted by Crippen LogP contribution is -2.50. The first-order valence-corrected chi connectivity index (χ1v) is 11.3. The van der Waals surface area contributed by atoms with E-state index in [0.717, 1.165) is 26.2 Å². The molecule has 1 fully saturated rings. The van der Waals surface area contributed by atoms with Gasteiger partial charge in [0, 0.05) is 38.3 Å². The highest BCUT2D eigenvalue weighted by Crippen LogP contribution is 2.29. The summed E-state index contributed by atoms with van der Waals surface area (Å²) in [4.78, 5) is 4.79. The van der Waals surface area contributed by atoms with Crippen LogP contribution in [0, 0.1) is 5.82 Å². The minimum absolute atomic E-state index is 0.174. The average Bonchev–Trinajstić information content (AvgIpc) is 2.83. The number of halogens is 1. The van der Waals surface area contributed by atoms with Gasteiger partial charge in [0.05, 0.1) is 25.4 Å². The Morgan fingerprint density at radius 1 is 0.781 bits per heavy atom. The molecular formula is C27H31FN2O2. The van der Waals surface area contributed by atoms with E-state index >= 15 is 0 Å². The molecule has 5 heteroatoms. The highest BCUT2D eigenvalue weighted by Gasteiger charge is 2.27. The molecule has 168 valence electrons. The van der Waals surface area contributed by atoms with Gasteiger partial charge in [-0.3, -0.25) is 9.80 Å².